The number of benzene rings is 2. The zero-order valence-electron chi connectivity index (χ0n) is 16.7. The quantitative estimate of drug-likeness (QED) is 0.792. The molecule has 5 nitrogen and oxygen atoms in total. The average Bonchev–Trinajstić information content (AvgIpc) is 3.19. The molecule has 1 saturated carbocycles. The van der Waals surface area contributed by atoms with Crippen molar-refractivity contribution in [3.8, 4) is 0 Å². The second-order valence-corrected chi connectivity index (χ2v) is 8.13. The van der Waals surface area contributed by atoms with Crippen LogP contribution in [0.25, 0.3) is 0 Å². The zero-order chi connectivity index (χ0) is 20.1. The number of rotatable bonds is 6. The molecule has 2 aliphatic rings. The van der Waals surface area contributed by atoms with Gasteiger partial charge in [0, 0.05) is 37.5 Å². The third-order valence-electron chi connectivity index (χ3n) is 6.17. The first-order valence-corrected chi connectivity index (χ1v) is 10.6. The van der Waals surface area contributed by atoms with Gasteiger partial charge in [0.15, 0.2) is 0 Å². The molecule has 1 unspecified atom stereocenters. The van der Waals surface area contributed by atoms with E-state index in [1.54, 1.807) is 0 Å². The molecule has 152 valence electrons. The van der Waals surface area contributed by atoms with E-state index in [-0.39, 0.29) is 24.0 Å². The van der Waals surface area contributed by atoms with Gasteiger partial charge >= 0.3 is 6.03 Å². The Balaban J connectivity index is 1.20. The van der Waals surface area contributed by atoms with Gasteiger partial charge in [-0.1, -0.05) is 60.7 Å². The number of hydrogen-bond acceptors (Lipinski definition) is 2. The Morgan fingerprint density at radius 2 is 1.62 bits per heavy atom. The minimum Gasteiger partial charge on any atom is -0.341 e. The van der Waals surface area contributed by atoms with Crippen LogP contribution in [0.3, 0.4) is 0 Å². The number of amides is 3. The molecule has 3 atom stereocenters. The van der Waals surface area contributed by atoms with Crippen LogP contribution in [0, 0.1) is 0 Å². The highest BCUT2D eigenvalue weighted by Crippen LogP contribution is 2.36. The fourth-order valence-electron chi connectivity index (χ4n) is 4.33. The lowest BCUT2D eigenvalue weighted by atomic mass is 9.75. The third kappa shape index (κ3) is 4.97. The van der Waals surface area contributed by atoms with Crippen LogP contribution in [0.5, 0.6) is 0 Å². The summed E-state index contributed by atoms with van der Waals surface area (Å²) in [6.07, 6.45) is 4.22. The van der Waals surface area contributed by atoms with Gasteiger partial charge in [-0.05, 0) is 36.8 Å². The number of nitrogens with one attached hydrogen (secondary N) is 2. The minimum absolute atomic E-state index is 0.0333. The fourth-order valence-corrected chi connectivity index (χ4v) is 4.33. The minimum atomic E-state index is -0.112. The van der Waals surface area contributed by atoms with Crippen LogP contribution in [-0.2, 0) is 11.2 Å². The molecule has 0 aromatic heterocycles. The number of likely N-dealkylation sites (tertiary alicyclic amines) is 1. The van der Waals surface area contributed by atoms with Gasteiger partial charge in [0.25, 0.3) is 0 Å². The zero-order valence-corrected chi connectivity index (χ0v) is 16.7. The van der Waals surface area contributed by atoms with Gasteiger partial charge in [-0.25, -0.2) is 4.79 Å². The van der Waals surface area contributed by atoms with Crippen LogP contribution in [-0.4, -0.2) is 42.0 Å². The summed E-state index contributed by atoms with van der Waals surface area (Å²) in [6.45, 7) is 1.32. The molecule has 2 aromatic rings. The predicted molar refractivity (Wildman–Crippen MR) is 114 cm³/mol. The summed E-state index contributed by atoms with van der Waals surface area (Å²) >= 11 is 0. The number of urea groups is 1. The van der Waals surface area contributed by atoms with Crippen molar-refractivity contribution >= 4 is 11.9 Å². The standard InChI is InChI=1S/C24H29N3O2/c28-23(14-11-18-7-3-1-4-8-18)27-16-15-20(17-27)25-24(29)26-22-13-12-21(22)19-9-5-2-6-10-19/h1-10,20-22H,11-17H2,(H2,25,26,29)/t20?,21-,22-/m0/s1. The lowest BCUT2D eigenvalue weighted by molar-refractivity contribution is -0.130. The SMILES string of the molecule is O=C(NC1CCN(C(=O)CCc2ccccc2)C1)N[C@H]1CC[C@H]1c1ccccc1. The number of carbonyl (C=O) groups excluding carboxylic acids is 2. The lowest BCUT2D eigenvalue weighted by Crippen LogP contribution is -2.52. The van der Waals surface area contributed by atoms with E-state index in [9.17, 15) is 9.59 Å². The van der Waals surface area contributed by atoms with E-state index in [2.05, 4.69) is 34.9 Å². The molecule has 29 heavy (non-hydrogen) atoms. The van der Waals surface area contributed by atoms with Crippen LogP contribution in [0.2, 0.25) is 0 Å². The van der Waals surface area contributed by atoms with Crippen LogP contribution in [0.15, 0.2) is 60.7 Å². The van der Waals surface area contributed by atoms with E-state index >= 15 is 0 Å². The molecule has 0 radical (unpaired) electrons. The molecule has 1 saturated heterocycles. The van der Waals surface area contributed by atoms with Crippen molar-refractivity contribution in [2.45, 2.75) is 50.1 Å². The Morgan fingerprint density at radius 1 is 0.897 bits per heavy atom. The molecular formula is C24H29N3O2. The van der Waals surface area contributed by atoms with E-state index in [4.69, 9.17) is 0 Å². The molecule has 2 fully saturated rings. The van der Waals surface area contributed by atoms with Crippen molar-refractivity contribution in [3.63, 3.8) is 0 Å². The number of carbonyl (C=O) groups is 2. The Morgan fingerprint density at radius 3 is 2.31 bits per heavy atom. The monoisotopic (exact) mass is 391 g/mol. The molecular weight excluding hydrogens is 362 g/mol. The molecule has 3 amide bonds. The Kier molecular flexibility index (Phi) is 6.13. The molecule has 2 N–H and O–H groups in total. The Bertz CT molecular complexity index is 825. The largest absolute Gasteiger partial charge is 0.341 e. The summed E-state index contributed by atoms with van der Waals surface area (Å²) in [5, 5.41) is 6.19. The van der Waals surface area contributed by atoms with Gasteiger partial charge in [0.1, 0.15) is 0 Å². The first kappa shape index (κ1) is 19.5. The highest BCUT2D eigenvalue weighted by molar-refractivity contribution is 5.78. The number of aryl methyl sites for hydroxylation is 1. The molecule has 1 aliphatic carbocycles. The molecule has 0 bridgehead atoms. The summed E-state index contributed by atoms with van der Waals surface area (Å²) in [7, 11) is 0. The van der Waals surface area contributed by atoms with Crippen LogP contribution in [0.1, 0.15) is 42.7 Å². The topological polar surface area (TPSA) is 61.4 Å². The third-order valence-corrected chi connectivity index (χ3v) is 6.17. The van der Waals surface area contributed by atoms with Crippen LogP contribution in [0.4, 0.5) is 4.79 Å². The Hall–Kier alpha value is -2.82. The van der Waals surface area contributed by atoms with Crippen LogP contribution >= 0.6 is 0 Å². The Labute approximate surface area is 172 Å². The van der Waals surface area contributed by atoms with Gasteiger partial charge in [-0.2, -0.15) is 0 Å². The average molecular weight is 392 g/mol. The molecule has 4 rings (SSSR count). The van der Waals surface area contributed by atoms with Crippen molar-refractivity contribution in [3.05, 3.63) is 71.8 Å². The summed E-state index contributed by atoms with van der Waals surface area (Å²) in [5.74, 6) is 0.572. The maximum atomic E-state index is 12.5. The molecule has 0 spiro atoms. The summed E-state index contributed by atoms with van der Waals surface area (Å²) in [6, 6.07) is 20.6. The maximum Gasteiger partial charge on any atom is 0.315 e. The van der Waals surface area contributed by atoms with E-state index in [0.717, 1.165) is 25.7 Å². The smallest absolute Gasteiger partial charge is 0.315 e. The maximum absolute atomic E-state index is 12.5. The van der Waals surface area contributed by atoms with Crippen molar-refractivity contribution in [1.82, 2.24) is 15.5 Å². The normalized spacial score (nSPS) is 23.3. The van der Waals surface area contributed by atoms with E-state index < -0.39 is 0 Å². The molecule has 1 aliphatic heterocycles. The van der Waals surface area contributed by atoms with Crippen molar-refractivity contribution in [2.24, 2.45) is 0 Å². The summed E-state index contributed by atoms with van der Waals surface area (Å²) in [4.78, 5) is 26.8. The fraction of sp³-hybridized carbons (Fsp3) is 0.417. The van der Waals surface area contributed by atoms with Gasteiger partial charge in [-0.15, -0.1) is 0 Å². The van der Waals surface area contributed by atoms with Crippen molar-refractivity contribution in [1.29, 1.82) is 0 Å². The predicted octanol–water partition coefficient (Wildman–Crippen LogP) is 3.47. The van der Waals surface area contributed by atoms with Gasteiger partial charge < -0.3 is 15.5 Å². The first-order chi connectivity index (χ1) is 14.2. The molecule has 5 heteroatoms. The first-order valence-electron chi connectivity index (χ1n) is 10.6. The number of hydrogen-bond donors (Lipinski definition) is 2. The summed E-state index contributed by atoms with van der Waals surface area (Å²) in [5.41, 5.74) is 2.47. The molecule has 2 aromatic carbocycles. The highest BCUT2D eigenvalue weighted by atomic mass is 16.2. The second kappa shape index (κ2) is 9.12. The van der Waals surface area contributed by atoms with Crippen molar-refractivity contribution < 1.29 is 9.59 Å². The lowest BCUT2D eigenvalue weighted by Gasteiger charge is -2.37. The highest BCUT2D eigenvalue weighted by Gasteiger charge is 2.34. The molecule has 1 heterocycles. The summed E-state index contributed by atoms with van der Waals surface area (Å²) < 4.78 is 0. The van der Waals surface area contributed by atoms with Gasteiger partial charge in [0.05, 0.1) is 0 Å². The van der Waals surface area contributed by atoms with E-state index in [0.29, 0.717) is 25.4 Å². The van der Waals surface area contributed by atoms with Crippen molar-refractivity contribution in [2.75, 3.05) is 13.1 Å². The number of nitrogens with zero attached hydrogens (tertiary/aromatic N) is 1. The van der Waals surface area contributed by atoms with E-state index in [1.165, 1.54) is 11.1 Å². The van der Waals surface area contributed by atoms with Gasteiger partial charge in [0.2, 0.25) is 5.91 Å². The van der Waals surface area contributed by atoms with E-state index in [1.807, 2.05) is 41.3 Å². The van der Waals surface area contributed by atoms with Crippen LogP contribution < -0.4 is 10.6 Å². The second-order valence-electron chi connectivity index (χ2n) is 8.13. The van der Waals surface area contributed by atoms with Gasteiger partial charge in [-0.3, -0.25) is 4.79 Å².